The maximum atomic E-state index is 12.3. The van der Waals surface area contributed by atoms with E-state index in [2.05, 4.69) is 22.6 Å². The molecule has 2 aliphatic carbocycles. The van der Waals surface area contributed by atoms with Crippen LogP contribution in [-0.2, 0) is 11.3 Å². The molecule has 1 aromatic carbocycles. The van der Waals surface area contributed by atoms with Crippen molar-refractivity contribution in [3.63, 3.8) is 0 Å². The van der Waals surface area contributed by atoms with Crippen LogP contribution in [0.3, 0.4) is 0 Å². The molecule has 2 bridgehead atoms. The van der Waals surface area contributed by atoms with E-state index >= 15 is 0 Å². The van der Waals surface area contributed by atoms with Crippen molar-refractivity contribution < 1.29 is 9.53 Å². The molecule has 6 nitrogen and oxygen atoms in total. The molecular formula is C21H23N3O3. The van der Waals surface area contributed by atoms with Gasteiger partial charge in [0.05, 0.1) is 12.8 Å². The van der Waals surface area contributed by atoms with E-state index in [1.54, 1.807) is 13.2 Å². The number of rotatable bonds is 6. The van der Waals surface area contributed by atoms with Gasteiger partial charge in [-0.1, -0.05) is 12.2 Å². The summed E-state index contributed by atoms with van der Waals surface area (Å²) < 4.78 is 6.37. The fraction of sp³-hybridized carbons (Fsp3) is 0.381. The van der Waals surface area contributed by atoms with E-state index in [4.69, 9.17) is 4.74 Å². The Morgan fingerprint density at radius 1 is 1.19 bits per heavy atom. The number of methoxy groups -OCH3 is 1. The summed E-state index contributed by atoms with van der Waals surface area (Å²) in [5.74, 6) is 2.36. The third-order valence-corrected chi connectivity index (χ3v) is 5.52. The lowest BCUT2D eigenvalue weighted by Crippen LogP contribution is -2.36. The van der Waals surface area contributed by atoms with Crippen LogP contribution >= 0.6 is 0 Å². The van der Waals surface area contributed by atoms with Crippen LogP contribution in [0.4, 0.5) is 0 Å². The van der Waals surface area contributed by atoms with Crippen LogP contribution in [0.1, 0.15) is 12.8 Å². The number of amides is 1. The Balaban J connectivity index is 1.41. The van der Waals surface area contributed by atoms with Gasteiger partial charge in [0.15, 0.2) is 0 Å². The quantitative estimate of drug-likeness (QED) is 0.797. The molecule has 140 valence electrons. The second-order valence-electron chi connectivity index (χ2n) is 7.29. The van der Waals surface area contributed by atoms with E-state index in [-0.39, 0.29) is 18.0 Å². The number of fused-ring (bicyclic) bond motifs is 2. The fourth-order valence-electron chi connectivity index (χ4n) is 4.04. The van der Waals surface area contributed by atoms with Gasteiger partial charge in [-0.3, -0.25) is 9.59 Å². The van der Waals surface area contributed by atoms with Crippen molar-refractivity contribution in [2.45, 2.75) is 19.4 Å². The Kier molecular flexibility index (Phi) is 4.79. The highest BCUT2D eigenvalue weighted by Gasteiger charge is 2.35. The van der Waals surface area contributed by atoms with Crippen LogP contribution in [0.2, 0.25) is 0 Å². The van der Waals surface area contributed by atoms with E-state index in [0.29, 0.717) is 30.0 Å². The van der Waals surface area contributed by atoms with Crippen LogP contribution in [0, 0.1) is 17.8 Å². The molecule has 1 N–H and O–H groups in total. The van der Waals surface area contributed by atoms with Crippen LogP contribution in [0.5, 0.6) is 5.75 Å². The number of benzene rings is 1. The molecule has 2 aromatic rings. The lowest BCUT2D eigenvalue weighted by molar-refractivity contribution is -0.122. The molecule has 6 heteroatoms. The SMILES string of the molecule is COc1ccc(-c2ccc(=O)n(CC(=O)NC[C@H]3C[C@@H]4C=C[C@H]3C4)n2)cc1. The van der Waals surface area contributed by atoms with Crippen molar-refractivity contribution in [3.8, 4) is 17.0 Å². The molecule has 2 aliphatic rings. The van der Waals surface area contributed by atoms with Crippen LogP contribution < -0.4 is 15.6 Å². The molecule has 3 atom stereocenters. The van der Waals surface area contributed by atoms with Crippen molar-refractivity contribution in [3.05, 3.63) is 58.9 Å². The number of hydrogen-bond acceptors (Lipinski definition) is 4. The lowest BCUT2D eigenvalue weighted by Gasteiger charge is -2.18. The minimum absolute atomic E-state index is 0.0700. The highest BCUT2D eigenvalue weighted by molar-refractivity contribution is 5.75. The van der Waals surface area contributed by atoms with E-state index in [0.717, 1.165) is 17.7 Å². The van der Waals surface area contributed by atoms with Crippen molar-refractivity contribution in [2.75, 3.05) is 13.7 Å². The second kappa shape index (κ2) is 7.39. The first kappa shape index (κ1) is 17.5. The normalized spacial score (nSPS) is 22.8. The molecule has 1 fully saturated rings. The molecule has 27 heavy (non-hydrogen) atoms. The Hall–Kier alpha value is -2.89. The average Bonchev–Trinajstić information content (AvgIpc) is 3.31. The summed E-state index contributed by atoms with van der Waals surface area (Å²) in [6.45, 7) is 0.594. The monoisotopic (exact) mass is 365 g/mol. The molecule has 1 saturated carbocycles. The van der Waals surface area contributed by atoms with Gasteiger partial charge in [0.2, 0.25) is 5.91 Å². The third kappa shape index (κ3) is 3.79. The zero-order valence-corrected chi connectivity index (χ0v) is 15.3. The average molecular weight is 365 g/mol. The first-order valence-electron chi connectivity index (χ1n) is 9.30. The molecule has 1 aromatic heterocycles. The van der Waals surface area contributed by atoms with Crippen molar-refractivity contribution in [2.24, 2.45) is 17.8 Å². The largest absolute Gasteiger partial charge is 0.497 e. The minimum Gasteiger partial charge on any atom is -0.497 e. The predicted molar refractivity (Wildman–Crippen MR) is 102 cm³/mol. The summed E-state index contributed by atoms with van der Waals surface area (Å²) in [6.07, 6.45) is 6.92. The van der Waals surface area contributed by atoms with E-state index in [9.17, 15) is 9.59 Å². The molecule has 0 unspecified atom stereocenters. The van der Waals surface area contributed by atoms with Gasteiger partial charge in [0.1, 0.15) is 12.3 Å². The summed E-state index contributed by atoms with van der Waals surface area (Å²) >= 11 is 0. The van der Waals surface area contributed by atoms with E-state index in [1.807, 2.05) is 24.3 Å². The van der Waals surface area contributed by atoms with Gasteiger partial charge >= 0.3 is 0 Å². The predicted octanol–water partition coefficient (Wildman–Crippen LogP) is 2.25. The molecule has 1 amide bonds. The van der Waals surface area contributed by atoms with Crippen molar-refractivity contribution in [1.29, 1.82) is 0 Å². The van der Waals surface area contributed by atoms with Gasteiger partial charge in [-0.15, -0.1) is 0 Å². The van der Waals surface area contributed by atoms with Gasteiger partial charge in [-0.05, 0) is 60.9 Å². The highest BCUT2D eigenvalue weighted by atomic mass is 16.5. The van der Waals surface area contributed by atoms with Crippen molar-refractivity contribution in [1.82, 2.24) is 15.1 Å². The molecule has 4 rings (SSSR count). The first-order valence-corrected chi connectivity index (χ1v) is 9.30. The maximum absolute atomic E-state index is 12.3. The second-order valence-corrected chi connectivity index (χ2v) is 7.29. The van der Waals surface area contributed by atoms with Gasteiger partial charge < -0.3 is 10.1 Å². The number of carbonyl (C=O) groups is 1. The Bertz CT molecular complexity index is 917. The number of allylic oxidation sites excluding steroid dienone is 2. The van der Waals surface area contributed by atoms with Crippen LogP contribution in [-0.4, -0.2) is 29.3 Å². The molecule has 0 spiro atoms. The van der Waals surface area contributed by atoms with Crippen molar-refractivity contribution >= 4 is 5.91 Å². The Morgan fingerprint density at radius 2 is 2.00 bits per heavy atom. The maximum Gasteiger partial charge on any atom is 0.267 e. The summed E-state index contributed by atoms with van der Waals surface area (Å²) in [6, 6.07) is 10.5. The van der Waals surface area contributed by atoms with Crippen LogP contribution in [0.25, 0.3) is 11.3 Å². The van der Waals surface area contributed by atoms with Gasteiger partial charge in [0.25, 0.3) is 5.56 Å². The van der Waals surface area contributed by atoms with Crippen LogP contribution in [0.15, 0.2) is 53.3 Å². The zero-order chi connectivity index (χ0) is 18.8. The van der Waals surface area contributed by atoms with E-state index < -0.39 is 0 Å². The number of hydrogen-bond donors (Lipinski definition) is 1. The number of aromatic nitrogens is 2. The van der Waals surface area contributed by atoms with Gasteiger partial charge in [0, 0.05) is 18.2 Å². The summed E-state index contributed by atoms with van der Waals surface area (Å²) in [5.41, 5.74) is 1.22. The number of ether oxygens (including phenoxy) is 1. The number of nitrogens with one attached hydrogen (secondary N) is 1. The minimum atomic E-state index is -0.287. The standard InChI is InChI=1S/C21H23N3O3/c1-27-18-6-4-15(5-7-18)19-8-9-21(26)24(23-19)13-20(25)22-12-17-11-14-2-3-16(17)10-14/h2-9,14,16-17H,10-13H2,1H3,(H,22,25)/t14-,16+,17-/m1/s1. The van der Waals surface area contributed by atoms with Gasteiger partial charge in [-0.25, -0.2) is 4.68 Å². The van der Waals surface area contributed by atoms with E-state index in [1.165, 1.54) is 17.2 Å². The number of carbonyl (C=O) groups excluding carboxylic acids is 1. The topological polar surface area (TPSA) is 73.2 Å². The molecular weight excluding hydrogens is 342 g/mol. The third-order valence-electron chi connectivity index (χ3n) is 5.52. The summed E-state index contributed by atoms with van der Waals surface area (Å²) in [4.78, 5) is 24.4. The molecule has 0 aliphatic heterocycles. The molecule has 0 radical (unpaired) electrons. The zero-order valence-electron chi connectivity index (χ0n) is 15.3. The van der Waals surface area contributed by atoms with Gasteiger partial charge in [-0.2, -0.15) is 5.10 Å². The Morgan fingerprint density at radius 3 is 2.67 bits per heavy atom. The Labute approximate surface area is 157 Å². The summed E-state index contributed by atoms with van der Waals surface area (Å²) in [7, 11) is 1.61. The lowest BCUT2D eigenvalue weighted by atomic mass is 9.94. The number of nitrogens with zero attached hydrogens (tertiary/aromatic N) is 2. The highest BCUT2D eigenvalue weighted by Crippen LogP contribution is 2.42. The smallest absolute Gasteiger partial charge is 0.267 e. The molecule has 0 saturated heterocycles. The fourth-order valence-corrected chi connectivity index (χ4v) is 4.04. The summed E-state index contributed by atoms with van der Waals surface area (Å²) in [5, 5.41) is 7.32. The first-order chi connectivity index (χ1) is 13.1. The molecule has 1 heterocycles.